The maximum Gasteiger partial charge on any atom is 0.258 e. The molecule has 2 fully saturated rings. The monoisotopic (exact) mass is 359 g/mol. The number of aryl methyl sites for hydroxylation is 2. The molecule has 8 heteroatoms. The third-order valence-electron chi connectivity index (χ3n) is 5.18. The molecule has 26 heavy (non-hydrogen) atoms. The molecular formula is C18H25N5O3. The predicted octanol–water partition coefficient (Wildman–Crippen LogP) is 2.58. The first-order valence-corrected chi connectivity index (χ1v) is 9.45. The molecule has 0 aliphatic carbocycles. The smallest absolute Gasteiger partial charge is 0.258 e. The highest BCUT2D eigenvalue weighted by atomic mass is 16.5. The van der Waals surface area contributed by atoms with Gasteiger partial charge in [-0.2, -0.15) is 5.10 Å². The summed E-state index contributed by atoms with van der Waals surface area (Å²) < 4.78 is 13.3. The van der Waals surface area contributed by atoms with Crippen molar-refractivity contribution in [2.75, 3.05) is 13.2 Å². The summed E-state index contributed by atoms with van der Waals surface area (Å²) in [5, 5.41) is 12.8. The molecule has 2 aromatic heterocycles. The van der Waals surface area contributed by atoms with E-state index in [-0.39, 0.29) is 18.1 Å². The Hall–Kier alpha value is -2.22. The molecule has 0 bridgehead atoms. The molecule has 2 atom stereocenters. The van der Waals surface area contributed by atoms with Crippen LogP contribution < -0.4 is 0 Å². The second kappa shape index (κ2) is 7.19. The molecule has 140 valence electrons. The summed E-state index contributed by atoms with van der Waals surface area (Å²) in [6, 6.07) is -0.177. The van der Waals surface area contributed by atoms with Gasteiger partial charge in [0.2, 0.25) is 11.8 Å². The van der Waals surface area contributed by atoms with Crippen LogP contribution in [0.5, 0.6) is 0 Å². The van der Waals surface area contributed by atoms with Crippen LogP contribution in [0.25, 0.3) is 0 Å². The van der Waals surface area contributed by atoms with Crippen molar-refractivity contribution in [2.24, 2.45) is 7.05 Å². The molecule has 2 saturated heterocycles. The minimum absolute atomic E-state index is 0.00323. The van der Waals surface area contributed by atoms with Crippen LogP contribution in [0.3, 0.4) is 0 Å². The first-order valence-electron chi connectivity index (χ1n) is 9.45. The topological polar surface area (TPSA) is 86.3 Å². The standard InChI is InChI=1S/C18H25N5O3/c1-3-13-12(11-22(2)21-13)18(24)23-9-5-4-7-14(23)16-19-20-17(26-16)15-8-6-10-25-15/h11,14-15H,3-10H2,1-2H3/t14?,15-/m1/s1. The van der Waals surface area contributed by atoms with Gasteiger partial charge < -0.3 is 14.1 Å². The van der Waals surface area contributed by atoms with Crippen LogP contribution in [0, 0.1) is 0 Å². The molecule has 2 aliphatic rings. The Labute approximate surface area is 152 Å². The van der Waals surface area contributed by atoms with E-state index in [1.54, 1.807) is 10.9 Å². The average Bonchev–Trinajstić information content (AvgIpc) is 3.40. The number of rotatable bonds is 4. The maximum atomic E-state index is 13.2. The molecule has 0 radical (unpaired) electrons. The number of carbonyl (C=O) groups excluding carboxylic acids is 1. The lowest BCUT2D eigenvalue weighted by atomic mass is 10.0. The highest BCUT2D eigenvalue weighted by Gasteiger charge is 2.35. The highest BCUT2D eigenvalue weighted by molar-refractivity contribution is 5.95. The van der Waals surface area contributed by atoms with Crippen molar-refractivity contribution in [3.8, 4) is 0 Å². The van der Waals surface area contributed by atoms with E-state index >= 15 is 0 Å². The number of hydrogen-bond donors (Lipinski definition) is 0. The van der Waals surface area contributed by atoms with Gasteiger partial charge in [0.05, 0.1) is 11.3 Å². The van der Waals surface area contributed by atoms with Crippen molar-refractivity contribution in [2.45, 2.75) is 57.6 Å². The van der Waals surface area contributed by atoms with Gasteiger partial charge in [-0.05, 0) is 38.5 Å². The first kappa shape index (κ1) is 17.2. The van der Waals surface area contributed by atoms with Gasteiger partial charge in [-0.1, -0.05) is 6.92 Å². The van der Waals surface area contributed by atoms with E-state index in [1.807, 2.05) is 18.9 Å². The highest BCUT2D eigenvalue weighted by Crippen LogP contribution is 2.34. The zero-order valence-electron chi connectivity index (χ0n) is 15.3. The van der Waals surface area contributed by atoms with E-state index in [4.69, 9.17) is 9.15 Å². The number of hydrogen-bond acceptors (Lipinski definition) is 6. The zero-order valence-corrected chi connectivity index (χ0v) is 15.3. The molecule has 4 heterocycles. The molecule has 0 aromatic carbocycles. The Balaban J connectivity index is 1.59. The van der Waals surface area contributed by atoms with Gasteiger partial charge in [0, 0.05) is 26.4 Å². The number of amides is 1. The molecule has 0 saturated carbocycles. The third-order valence-corrected chi connectivity index (χ3v) is 5.18. The van der Waals surface area contributed by atoms with Crippen LogP contribution in [0.4, 0.5) is 0 Å². The second-order valence-electron chi connectivity index (χ2n) is 7.01. The fourth-order valence-electron chi connectivity index (χ4n) is 3.84. The van der Waals surface area contributed by atoms with Crippen molar-refractivity contribution in [1.29, 1.82) is 0 Å². The normalized spacial score (nSPS) is 23.5. The first-order chi connectivity index (χ1) is 12.7. The van der Waals surface area contributed by atoms with E-state index in [0.717, 1.165) is 50.8 Å². The lowest BCUT2D eigenvalue weighted by Gasteiger charge is -2.33. The minimum Gasteiger partial charge on any atom is -0.420 e. The number of carbonyl (C=O) groups is 1. The quantitative estimate of drug-likeness (QED) is 0.834. The molecule has 2 aliphatic heterocycles. The second-order valence-corrected chi connectivity index (χ2v) is 7.01. The Morgan fingerprint density at radius 1 is 1.23 bits per heavy atom. The number of nitrogens with zero attached hydrogens (tertiary/aromatic N) is 5. The van der Waals surface area contributed by atoms with Crippen molar-refractivity contribution in [1.82, 2.24) is 24.9 Å². The molecule has 0 spiro atoms. The van der Waals surface area contributed by atoms with E-state index in [2.05, 4.69) is 15.3 Å². The van der Waals surface area contributed by atoms with Crippen molar-refractivity contribution in [3.05, 3.63) is 29.2 Å². The van der Waals surface area contributed by atoms with Gasteiger partial charge in [0.1, 0.15) is 12.1 Å². The fraction of sp³-hybridized carbons (Fsp3) is 0.667. The number of ether oxygens (including phenoxy) is 1. The lowest BCUT2D eigenvalue weighted by Crippen LogP contribution is -2.39. The van der Waals surface area contributed by atoms with Crippen LogP contribution in [-0.2, 0) is 18.2 Å². The molecule has 0 N–H and O–H groups in total. The summed E-state index contributed by atoms with van der Waals surface area (Å²) in [6.07, 6.45) is 7.20. The number of likely N-dealkylation sites (tertiary alicyclic amines) is 1. The average molecular weight is 359 g/mol. The van der Waals surface area contributed by atoms with Crippen molar-refractivity contribution < 1.29 is 13.9 Å². The van der Waals surface area contributed by atoms with Crippen LogP contribution in [0.1, 0.15) is 79.0 Å². The Bertz CT molecular complexity index is 778. The Morgan fingerprint density at radius 3 is 2.85 bits per heavy atom. The molecule has 8 nitrogen and oxygen atoms in total. The van der Waals surface area contributed by atoms with Gasteiger partial charge in [-0.25, -0.2) is 0 Å². The largest absolute Gasteiger partial charge is 0.420 e. The summed E-state index contributed by atoms with van der Waals surface area (Å²) in [6.45, 7) is 3.44. The van der Waals surface area contributed by atoms with Crippen molar-refractivity contribution >= 4 is 5.91 Å². The van der Waals surface area contributed by atoms with Crippen LogP contribution in [0.2, 0.25) is 0 Å². The third kappa shape index (κ3) is 3.13. The number of aromatic nitrogens is 4. The summed E-state index contributed by atoms with van der Waals surface area (Å²) in [5.74, 6) is 1.05. The zero-order chi connectivity index (χ0) is 18.1. The van der Waals surface area contributed by atoms with Crippen LogP contribution in [-0.4, -0.2) is 43.9 Å². The van der Waals surface area contributed by atoms with E-state index < -0.39 is 0 Å². The number of piperidine rings is 1. The van der Waals surface area contributed by atoms with Crippen molar-refractivity contribution in [3.63, 3.8) is 0 Å². The van der Waals surface area contributed by atoms with E-state index in [9.17, 15) is 4.79 Å². The molecule has 4 rings (SSSR count). The van der Waals surface area contributed by atoms with E-state index in [1.165, 1.54) is 0 Å². The van der Waals surface area contributed by atoms with Gasteiger partial charge in [0.25, 0.3) is 5.91 Å². The minimum atomic E-state index is -0.177. The fourth-order valence-corrected chi connectivity index (χ4v) is 3.84. The summed E-state index contributed by atoms with van der Waals surface area (Å²) in [4.78, 5) is 15.1. The Morgan fingerprint density at radius 2 is 2.08 bits per heavy atom. The summed E-state index contributed by atoms with van der Waals surface area (Å²) in [5.41, 5.74) is 1.49. The summed E-state index contributed by atoms with van der Waals surface area (Å²) in [7, 11) is 1.84. The van der Waals surface area contributed by atoms with Crippen LogP contribution in [0.15, 0.2) is 10.6 Å². The van der Waals surface area contributed by atoms with Crippen LogP contribution >= 0.6 is 0 Å². The summed E-state index contributed by atoms with van der Waals surface area (Å²) >= 11 is 0. The van der Waals surface area contributed by atoms with Gasteiger partial charge in [-0.3, -0.25) is 9.48 Å². The molecule has 2 aromatic rings. The van der Waals surface area contributed by atoms with Gasteiger partial charge in [-0.15, -0.1) is 10.2 Å². The predicted molar refractivity (Wildman–Crippen MR) is 92.4 cm³/mol. The van der Waals surface area contributed by atoms with Gasteiger partial charge in [0.15, 0.2) is 0 Å². The molecular weight excluding hydrogens is 334 g/mol. The molecule has 1 unspecified atom stereocenters. The van der Waals surface area contributed by atoms with Gasteiger partial charge >= 0.3 is 0 Å². The lowest BCUT2D eigenvalue weighted by molar-refractivity contribution is 0.0548. The Kier molecular flexibility index (Phi) is 4.76. The SMILES string of the molecule is CCc1nn(C)cc1C(=O)N1CCCCC1c1nnc([C@H]2CCCO2)o1. The van der Waals surface area contributed by atoms with E-state index in [0.29, 0.717) is 23.9 Å². The maximum absolute atomic E-state index is 13.2. The molecule has 1 amide bonds.